The van der Waals surface area contributed by atoms with Crippen LogP contribution in [0.15, 0.2) is 70.6 Å². The van der Waals surface area contributed by atoms with Crippen LogP contribution in [0.3, 0.4) is 0 Å². The zero-order chi connectivity index (χ0) is 20.6. The standard InChI is InChI=1S/C22H20N2O3S2/c1-3-29(26,27)17-11-8-15(9-12-17)14-20(25)23-22-24(2)21-18-7-5-4-6-16(18)10-13-19(21)28-22/h4-13H,3,14H2,1-2H3. The number of benzene rings is 3. The Bertz CT molecular complexity index is 1400. The Balaban J connectivity index is 1.66. The van der Waals surface area contributed by atoms with E-state index in [4.69, 9.17) is 0 Å². The van der Waals surface area contributed by atoms with Crippen LogP contribution in [0.2, 0.25) is 0 Å². The summed E-state index contributed by atoms with van der Waals surface area (Å²) in [5.41, 5.74) is 1.80. The molecule has 0 aliphatic rings. The maximum absolute atomic E-state index is 12.5. The summed E-state index contributed by atoms with van der Waals surface area (Å²) in [5, 5.41) is 2.28. The predicted octanol–water partition coefficient (Wildman–Crippen LogP) is 3.86. The first kappa shape index (κ1) is 19.5. The highest BCUT2D eigenvalue weighted by atomic mass is 32.2. The summed E-state index contributed by atoms with van der Waals surface area (Å²) in [6, 6.07) is 18.7. The number of fused-ring (bicyclic) bond motifs is 3. The highest BCUT2D eigenvalue weighted by Gasteiger charge is 2.12. The molecule has 7 heteroatoms. The number of aromatic nitrogens is 1. The second-order valence-corrected chi connectivity index (χ2v) is 10.1. The van der Waals surface area contributed by atoms with Crippen LogP contribution in [0.4, 0.5) is 0 Å². The summed E-state index contributed by atoms with van der Waals surface area (Å²) in [4.78, 5) is 17.7. The first-order valence-electron chi connectivity index (χ1n) is 9.25. The largest absolute Gasteiger partial charge is 0.319 e. The van der Waals surface area contributed by atoms with Gasteiger partial charge in [0.05, 0.1) is 27.3 Å². The first-order valence-corrected chi connectivity index (χ1v) is 11.7. The SMILES string of the molecule is CCS(=O)(=O)c1ccc(CC(=O)N=c2sc3ccc4ccccc4c3n2C)cc1. The molecule has 0 N–H and O–H groups in total. The summed E-state index contributed by atoms with van der Waals surface area (Å²) in [7, 11) is -1.32. The van der Waals surface area contributed by atoms with E-state index in [1.807, 2.05) is 23.7 Å². The van der Waals surface area contributed by atoms with Gasteiger partial charge in [0, 0.05) is 12.4 Å². The molecule has 1 amide bonds. The molecule has 3 aromatic carbocycles. The second kappa shape index (κ2) is 7.57. The third kappa shape index (κ3) is 3.75. The Morgan fingerprint density at radius 1 is 1.03 bits per heavy atom. The van der Waals surface area contributed by atoms with Crippen molar-refractivity contribution in [2.45, 2.75) is 18.2 Å². The van der Waals surface area contributed by atoms with E-state index in [1.54, 1.807) is 31.2 Å². The molecule has 29 heavy (non-hydrogen) atoms. The van der Waals surface area contributed by atoms with E-state index < -0.39 is 9.84 Å². The van der Waals surface area contributed by atoms with Gasteiger partial charge in [0.2, 0.25) is 0 Å². The topological polar surface area (TPSA) is 68.5 Å². The van der Waals surface area contributed by atoms with Crippen molar-refractivity contribution < 1.29 is 13.2 Å². The zero-order valence-corrected chi connectivity index (χ0v) is 17.8. The number of carbonyl (C=O) groups excluding carboxylic acids is 1. The van der Waals surface area contributed by atoms with Crippen molar-refractivity contribution in [1.82, 2.24) is 4.57 Å². The Morgan fingerprint density at radius 2 is 1.76 bits per heavy atom. The fraction of sp³-hybridized carbons (Fsp3) is 0.182. The molecule has 148 valence electrons. The van der Waals surface area contributed by atoms with E-state index in [0.29, 0.717) is 4.80 Å². The van der Waals surface area contributed by atoms with Crippen LogP contribution in [0.1, 0.15) is 12.5 Å². The van der Waals surface area contributed by atoms with E-state index in [9.17, 15) is 13.2 Å². The van der Waals surface area contributed by atoms with Crippen molar-refractivity contribution in [3.05, 3.63) is 71.0 Å². The van der Waals surface area contributed by atoms with Crippen molar-refractivity contribution in [2.24, 2.45) is 12.0 Å². The number of carbonyl (C=O) groups is 1. The van der Waals surface area contributed by atoms with Gasteiger partial charge < -0.3 is 4.57 Å². The second-order valence-electron chi connectivity index (χ2n) is 6.81. The molecule has 0 unspecified atom stereocenters. The van der Waals surface area contributed by atoms with Gasteiger partial charge in [-0.2, -0.15) is 4.99 Å². The molecule has 0 bridgehead atoms. The summed E-state index contributed by atoms with van der Waals surface area (Å²) in [6.07, 6.45) is 0.126. The minimum atomic E-state index is -3.24. The third-order valence-electron chi connectivity index (χ3n) is 4.93. The molecule has 1 aromatic heterocycles. The van der Waals surface area contributed by atoms with Gasteiger partial charge in [-0.3, -0.25) is 4.79 Å². The van der Waals surface area contributed by atoms with E-state index in [1.165, 1.54) is 11.3 Å². The molecule has 0 radical (unpaired) electrons. The van der Waals surface area contributed by atoms with Gasteiger partial charge in [-0.05, 0) is 29.1 Å². The Labute approximate surface area is 172 Å². The van der Waals surface area contributed by atoms with Gasteiger partial charge in [0.15, 0.2) is 14.6 Å². The summed E-state index contributed by atoms with van der Waals surface area (Å²) in [5.74, 6) is -0.208. The van der Waals surface area contributed by atoms with Gasteiger partial charge in [-0.25, -0.2) is 8.42 Å². The predicted molar refractivity (Wildman–Crippen MR) is 117 cm³/mol. The van der Waals surface area contributed by atoms with Crippen LogP contribution in [0.5, 0.6) is 0 Å². The molecular weight excluding hydrogens is 404 g/mol. The van der Waals surface area contributed by atoms with E-state index in [-0.39, 0.29) is 23.0 Å². The molecule has 5 nitrogen and oxygen atoms in total. The van der Waals surface area contributed by atoms with Crippen LogP contribution in [0.25, 0.3) is 21.0 Å². The maximum Gasteiger partial charge on any atom is 0.252 e. The number of sulfone groups is 1. The molecule has 4 aromatic rings. The smallest absolute Gasteiger partial charge is 0.252 e. The van der Waals surface area contributed by atoms with Crippen molar-refractivity contribution in [3.63, 3.8) is 0 Å². The lowest BCUT2D eigenvalue weighted by atomic mass is 10.1. The fourth-order valence-electron chi connectivity index (χ4n) is 3.33. The molecule has 0 saturated heterocycles. The number of aryl methyl sites for hydroxylation is 1. The lowest BCUT2D eigenvalue weighted by Crippen LogP contribution is -2.14. The molecule has 1 heterocycles. The fourth-order valence-corrected chi connectivity index (χ4v) is 5.26. The molecule has 0 spiro atoms. The van der Waals surface area contributed by atoms with Gasteiger partial charge in [0.1, 0.15) is 0 Å². The Hall–Kier alpha value is -2.77. The molecule has 0 atom stereocenters. The molecule has 0 fully saturated rings. The van der Waals surface area contributed by atoms with Crippen LogP contribution >= 0.6 is 11.3 Å². The molecule has 0 aliphatic heterocycles. The molecular formula is C22H20N2O3S2. The Kier molecular flexibility index (Phi) is 5.10. The number of rotatable bonds is 4. The highest BCUT2D eigenvalue weighted by molar-refractivity contribution is 7.91. The normalized spacial score (nSPS) is 12.7. The molecule has 4 rings (SSSR count). The third-order valence-corrected chi connectivity index (χ3v) is 7.77. The zero-order valence-electron chi connectivity index (χ0n) is 16.1. The van der Waals surface area contributed by atoms with Crippen LogP contribution in [-0.2, 0) is 28.1 Å². The number of nitrogens with zero attached hydrogens (tertiary/aromatic N) is 2. The monoisotopic (exact) mass is 424 g/mol. The van der Waals surface area contributed by atoms with Crippen LogP contribution in [0, 0.1) is 0 Å². The minimum absolute atomic E-state index is 0.0533. The quantitative estimate of drug-likeness (QED) is 0.500. The van der Waals surface area contributed by atoms with Gasteiger partial charge in [-0.1, -0.05) is 60.7 Å². The summed E-state index contributed by atoms with van der Waals surface area (Å²) < 4.78 is 26.8. The Morgan fingerprint density at radius 3 is 2.48 bits per heavy atom. The number of thiazole rings is 1. The van der Waals surface area contributed by atoms with Gasteiger partial charge in [0.25, 0.3) is 5.91 Å². The van der Waals surface area contributed by atoms with Crippen molar-refractivity contribution in [1.29, 1.82) is 0 Å². The summed E-state index contributed by atoms with van der Waals surface area (Å²) in [6.45, 7) is 1.61. The number of amides is 1. The van der Waals surface area contributed by atoms with Gasteiger partial charge >= 0.3 is 0 Å². The van der Waals surface area contributed by atoms with Crippen LogP contribution in [-0.4, -0.2) is 24.6 Å². The average Bonchev–Trinajstić information content (AvgIpc) is 3.04. The van der Waals surface area contributed by atoms with Crippen molar-refractivity contribution in [3.8, 4) is 0 Å². The van der Waals surface area contributed by atoms with Crippen LogP contribution < -0.4 is 4.80 Å². The van der Waals surface area contributed by atoms with E-state index in [0.717, 1.165) is 26.6 Å². The van der Waals surface area contributed by atoms with Crippen molar-refractivity contribution in [2.75, 3.05) is 5.75 Å². The highest BCUT2D eigenvalue weighted by Crippen LogP contribution is 2.26. The first-order chi connectivity index (χ1) is 13.9. The lowest BCUT2D eigenvalue weighted by Gasteiger charge is -2.03. The molecule has 0 saturated carbocycles. The van der Waals surface area contributed by atoms with Crippen molar-refractivity contribution >= 4 is 48.1 Å². The van der Waals surface area contributed by atoms with E-state index >= 15 is 0 Å². The average molecular weight is 425 g/mol. The maximum atomic E-state index is 12.5. The van der Waals surface area contributed by atoms with E-state index in [2.05, 4.69) is 29.3 Å². The number of hydrogen-bond acceptors (Lipinski definition) is 4. The van der Waals surface area contributed by atoms with Gasteiger partial charge in [-0.15, -0.1) is 0 Å². The molecule has 0 aliphatic carbocycles. The number of hydrogen-bond donors (Lipinski definition) is 0. The lowest BCUT2D eigenvalue weighted by molar-refractivity contribution is -0.117. The minimum Gasteiger partial charge on any atom is -0.319 e. The summed E-state index contributed by atoms with van der Waals surface area (Å²) >= 11 is 1.48.